The summed E-state index contributed by atoms with van der Waals surface area (Å²) in [5.74, 6) is 0.279. The van der Waals surface area contributed by atoms with Gasteiger partial charge in [-0.05, 0) is 43.4 Å². The van der Waals surface area contributed by atoms with Crippen molar-refractivity contribution in [1.29, 1.82) is 0 Å². The fourth-order valence-electron chi connectivity index (χ4n) is 3.84. The molecule has 4 nitrogen and oxygen atoms in total. The molecule has 2 aliphatic rings. The molecule has 0 aromatic heterocycles. The molecule has 2 fully saturated rings. The molecule has 2 unspecified atom stereocenters. The summed E-state index contributed by atoms with van der Waals surface area (Å²) in [6.07, 6.45) is 6.19. The van der Waals surface area contributed by atoms with Crippen molar-refractivity contribution in [3.8, 4) is 0 Å². The van der Waals surface area contributed by atoms with Gasteiger partial charge in [0.25, 0.3) is 0 Å². The van der Waals surface area contributed by atoms with Crippen molar-refractivity contribution in [3.05, 3.63) is 0 Å². The Bertz CT molecular complexity index is 400. The second-order valence-corrected chi connectivity index (χ2v) is 8.57. The fraction of sp³-hybridized carbons (Fsp3) is 1.00. The SMILES string of the molecule is CC1(C)CCCC2(CC(CS(N)(=O)=O)CCO2)C1. The monoisotopic (exact) mass is 275 g/mol. The summed E-state index contributed by atoms with van der Waals surface area (Å²) in [6, 6.07) is 0. The zero-order valence-electron chi connectivity index (χ0n) is 11.4. The highest BCUT2D eigenvalue weighted by molar-refractivity contribution is 7.89. The van der Waals surface area contributed by atoms with Crippen LogP contribution in [-0.4, -0.2) is 26.4 Å². The molecular formula is C13H25NO3S. The predicted molar refractivity (Wildman–Crippen MR) is 71.6 cm³/mol. The fourth-order valence-corrected chi connectivity index (χ4v) is 4.78. The maximum atomic E-state index is 11.2. The van der Waals surface area contributed by atoms with E-state index in [4.69, 9.17) is 9.88 Å². The number of rotatable bonds is 2. The highest BCUT2D eigenvalue weighted by Gasteiger charge is 2.44. The van der Waals surface area contributed by atoms with Gasteiger partial charge in [-0.25, -0.2) is 13.6 Å². The third-order valence-corrected chi connectivity index (χ3v) is 5.29. The van der Waals surface area contributed by atoms with E-state index < -0.39 is 10.0 Å². The zero-order chi connectivity index (χ0) is 13.4. The van der Waals surface area contributed by atoms with Crippen LogP contribution in [0.25, 0.3) is 0 Å². The minimum Gasteiger partial charge on any atom is -0.375 e. The summed E-state index contributed by atoms with van der Waals surface area (Å²) >= 11 is 0. The summed E-state index contributed by atoms with van der Waals surface area (Å²) in [5, 5.41) is 5.17. The molecule has 2 rings (SSSR count). The molecule has 1 spiro atoms. The van der Waals surface area contributed by atoms with Gasteiger partial charge in [0.1, 0.15) is 0 Å². The summed E-state index contributed by atoms with van der Waals surface area (Å²) < 4.78 is 28.5. The third kappa shape index (κ3) is 3.68. The first kappa shape index (κ1) is 14.3. The molecule has 18 heavy (non-hydrogen) atoms. The van der Waals surface area contributed by atoms with E-state index in [2.05, 4.69) is 13.8 Å². The summed E-state index contributed by atoms with van der Waals surface area (Å²) in [5.41, 5.74) is 0.219. The third-order valence-electron chi connectivity index (χ3n) is 4.35. The number of ether oxygens (including phenoxy) is 1. The van der Waals surface area contributed by atoms with Crippen molar-refractivity contribution < 1.29 is 13.2 Å². The molecule has 0 bridgehead atoms. The van der Waals surface area contributed by atoms with Gasteiger partial charge in [0.15, 0.2) is 0 Å². The first-order chi connectivity index (χ1) is 8.20. The number of sulfonamides is 1. The van der Waals surface area contributed by atoms with Crippen LogP contribution in [-0.2, 0) is 14.8 Å². The van der Waals surface area contributed by atoms with Gasteiger partial charge < -0.3 is 4.74 Å². The van der Waals surface area contributed by atoms with Gasteiger partial charge in [-0.1, -0.05) is 20.3 Å². The number of primary sulfonamides is 1. The number of nitrogens with two attached hydrogens (primary N) is 1. The topological polar surface area (TPSA) is 69.4 Å². The van der Waals surface area contributed by atoms with E-state index in [9.17, 15) is 8.42 Å². The van der Waals surface area contributed by atoms with Crippen molar-refractivity contribution in [2.24, 2.45) is 16.5 Å². The molecule has 0 amide bonds. The van der Waals surface area contributed by atoms with Crippen molar-refractivity contribution in [3.63, 3.8) is 0 Å². The van der Waals surface area contributed by atoms with Gasteiger partial charge in [-0.2, -0.15) is 0 Å². The molecule has 1 aliphatic heterocycles. The summed E-state index contributed by atoms with van der Waals surface area (Å²) in [4.78, 5) is 0. The zero-order valence-corrected chi connectivity index (χ0v) is 12.3. The molecule has 1 aliphatic carbocycles. The number of hydrogen-bond donors (Lipinski definition) is 1. The molecule has 1 saturated carbocycles. The van der Waals surface area contributed by atoms with Crippen LogP contribution in [0.1, 0.15) is 52.4 Å². The minimum absolute atomic E-state index is 0.0879. The molecular weight excluding hydrogens is 250 g/mol. The van der Waals surface area contributed by atoms with Crippen molar-refractivity contribution >= 4 is 10.0 Å². The lowest BCUT2D eigenvalue weighted by molar-refractivity contribution is -0.136. The average molecular weight is 275 g/mol. The summed E-state index contributed by atoms with van der Waals surface area (Å²) in [6.45, 7) is 5.23. The van der Waals surface area contributed by atoms with Crippen LogP contribution in [0.5, 0.6) is 0 Å². The molecule has 1 saturated heterocycles. The smallest absolute Gasteiger partial charge is 0.209 e. The largest absolute Gasteiger partial charge is 0.375 e. The highest BCUT2D eigenvalue weighted by atomic mass is 32.2. The molecule has 2 N–H and O–H groups in total. The lowest BCUT2D eigenvalue weighted by atomic mass is 9.66. The van der Waals surface area contributed by atoms with Crippen LogP contribution in [0.2, 0.25) is 0 Å². The molecule has 2 atom stereocenters. The molecule has 0 aromatic rings. The van der Waals surface area contributed by atoms with Crippen molar-refractivity contribution in [2.75, 3.05) is 12.4 Å². The van der Waals surface area contributed by atoms with Gasteiger partial charge in [-0.3, -0.25) is 0 Å². The van der Waals surface area contributed by atoms with E-state index in [1.165, 1.54) is 12.8 Å². The maximum Gasteiger partial charge on any atom is 0.209 e. The second-order valence-electron chi connectivity index (χ2n) is 6.91. The summed E-state index contributed by atoms with van der Waals surface area (Å²) in [7, 11) is -3.36. The first-order valence-corrected chi connectivity index (χ1v) is 8.56. The van der Waals surface area contributed by atoms with Crippen LogP contribution in [0.3, 0.4) is 0 Å². The molecule has 1 heterocycles. The predicted octanol–water partition coefficient (Wildman–Crippen LogP) is 2.04. The van der Waals surface area contributed by atoms with Crippen molar-refractivity contribution in [2.45, 2.75) is 58.0 Å². The quantitative estimate of drug-likeness (QED) is 0.838. The normalized spacial score (nSPS) is 36.7. The molecule has 106 valence electrons. The Morgan fingerprint density at radius 1 is 1.33 bits per heavy atom. The van der Waals surface area contributed by atoms with Gasteiger partial charge in [0.2, 0.25) is 10.0 Å². The van der Waals surface area contributed by atoms with Gasteiger partial charge in [-0.15, -0.1) is 0 Å². The Hall–Kier alpha value is -0.130. The average Bonchev–Trinajstić information content (AvgIpc) is 2.12. The lowest BCUT2D eigenvalue weighted by Crippen LogP contribution is -2.47. The highest BCUT2D eigenvalue weighted by Crippen LogP contribution is 2.47. The van der Waals surface area contributed by atoms with Gasteiger partial charge >= 0.3 is 0 Å². The van der Waals surface area contributed by atoms with E-state index in [1.807, 2.05) is 0 Å². The van der Waals surface area contributed by atoms with E-state index in [0.717, 1.165) is 25.7 Å². The Kier molecular flexibility index (Phi) is 3.78. The standard InChI is InChI=1S/C13H25NO3S/c1-12(2)5-3-6-13(10-12)8-11(4-7-17-13)9-18(14,15)16/h11H,3-10H2,1-2H3,(H2,14,15,16). The lowest BCUT2D eigenvalue weighted by Gasteiger charge is -2.48. The Morgan fingerprint density at radius 3 is 2.67 bits per heavy atom. The molecule has 0 radical (unpaired) electrons. The Labute approximate surface area is 110 Å². The van der Waals surface area contributed by atoms with Gasteiger partial charge in [0.05, 0.1) is 11.4 Å². The van der Waals surface area contributed by atoms with Crippen molar-refractivity contribution in [1.82, 2.24) is 0 Å². The first-order valence-electron chi connectivity index (χ1n) is 6.84. The van der Waals surface area contributed by atoms with Crippen LogP contribution in [0.15, 0.2) is 0 Å². The van der Waals surface area contributed by atoms with Crippen LogP contribution < -0.4 is 5.14 Å². The molecule has 5 heteroatoms. The van der Waals surface area contributed by atoms with E-state index in [-0.39, 0.29) is 17.3 Å². The van der Waals surface area contributed by atoms with Crippen LogP contribution >= 0.6 is 0 Å². The van der Waals surface area contributed by atoms with Gasteiger partial charge in [0, 0.05) is 6.61 Å². The number of hydrogen-bond acceptors (Lipinski definition) is 3. The van der Waals surface area contributed by atoms with E-state index in [1.54, 1.807) is 0 Å². The van der Waals surface area contributed by atoms with Crippen LogP contribution in [0, 0.1) is 11.3 Å². The Balaban J connectivity index is 2.05. The van der Waals surface area contributed by atoms with Crippen LogP contribution in [0.4, 0.5) is 0 Å². The Morgan fingerprint density at radius 2 is 2.06 bits per heavy atom. The van der Waals surface area contributed by atoms with E-state index in [0.29, 0.717) is 12.0 Å². The minimum atomic E-state index is -3.36. The van der Waals surface area contributed by atoms with E-state index >= 15 is 0 Å². The molecule has 0 aromatic carbocycles. The second kappa shape index (κ2) is 4.76. The maximum absolute atomic E-state index is 11.2.